The number of thiazole rings is 1. The maximum Gasteiger partial charge on any atom is 0.274 e. The van der Waals surface area contributed by atoms with Gasteiger partial charge in [0.25, 0.3) is 6.20 Å². The predicted molar refractivity (Wildman–Crippen MR) is 106 cm³/mol. The van der Waals surface area contributed by atoms with Gasteiger partial charge in [-0.1, -0.05) is 0 Å². The van der Waals surface area contributed by atoms with Gasteiger partial charge in [0.05, 0.1) is 10.6 Å². The van der Waals surface area contributed by atoms with Crippen LogP contribution < -0.4 is 5.32 Å². The Balaban J connectivity index is 2.41. The van der Waals surface area contributed by atoms with Crippen LogP contribution >= 0.6 is 23.1 Å². The minimum absolute atomic E-state index is 0.189. The average molecular weight is 388 g/mol. The molecule has 1 rings (SSSR count). The summed E-state index contributed by atoms with van der Waals surface area (Å²) >= 11 is 3.46. The highest BCUT2D eigenvalue weighted by Gasteiger charge is 2.21. The summed E-state index contributed by atoms with van der Waals surface area (Å²) in [7, 11) is 5.93. The molecule has 0 bridgehead atoms. The van der Waals surface area contributed by atoms with E-state index in [-0.39, 0.29) is 5.54 Å². The first-order valence-electron chi connectivity index (χ1n) is 8.08. The van der Waals surface area contributed by atoms with Crippen molar-refractivity contribution in [3.63, 3.8) is 0 Å². The third kappa shape index (κ3) is 8.55. The minimum Gasteiger partial charge on any atom is -0.366 e. The number of aromatic nitrogens is 1. The molecule has 1 N–H and O–H groups in total. The van der Waals surface area contributed by atoms with Crippen molar-refractivity contribution < 1.29 is 4.92 Å². The molecular formula is C16H29N5O2S2. The predicted octanol–water partition coefficient (Wildman–Crippen LogP) is 2.83. The van der Waals surface area contributed by atoms with Gasteiger partial charge >= 0.3 is 0 Å². The van der Waals surface area contributed by atoms with E-state index in [1.54, 1.807) is 23.1 Å². The van der Waals surface area contributed by atoms with Crippen molar-refractivity contribution in [3.05, 3.63) is 38.2 Å². The van der Waals surface area contributed by atoms with Crippen LogP contribution in [0.3, 0.4) is 0 Å². The van der Waals surface area contributed by atoms with Gasteiger partial charge < -0.3 is 15.1 Å². The Morgan fingerprint density at radius 1 is 1.44 bits per heavy atom. The summed E-state index contributed by atoms with van der Waals surface area (Å²) in [5.74, 6) is 2.24. The molecule has 1 aromatic heterocycles. The zero-order chi connectivity index (χ0) is 19.0. The Hall–Kier alpha value is -1.32. The summed E-state index contributed by atoms with van der Waals surface area (Å²) in [4.78, 5) is 19.0. The highest BCUT2D eigenvalue weighted by molar-refractivity contribution is 7.98. The van der Waals surface area contributed by atoms with Gasteiger partial charge in [-0.25, -0.2) is 4.98 Å². The van der Waals surface area contributed by atoms with Crippen molar-refractivity contribution >= 4 is 23.1 Å². The minimum atomic E-state index is -0.417. The molecule has 1 aromatic rings. The lowest BCUT2D eigenvalue weighted by atomic mass is 10.1. The van der Waals surface area contributed by atoms with Crippen molar-refractivity contribution in [2.45, 2.75) is 38.6 Å². The van der Waals surface area contributed by atoms with Crippen LogP contribution in [-0.2, 0) is 12.3 Å². The smallest absolute Gasteiger partial charge is 0.274 e. The summed E-state index contributed by atoms with van der Waals surface area (Å²) in [6.07, 6.45) is 1.03. The number of nitro groups is 1. The van der Waals surface area contributed by atoms with Crippen molar-refractivity contribution in [2.75, 3.05) is 33.4 Å². The molecule has 0 aliphatic rings. The Morgan fingerprint density at radius 3 is 2.68 bits per heavy atom. The third-order valence-electron chi connectivity index (χ3n) is 3.45. The summed E-state index contributed by atoms with van der Waals surface area (Å²) in [5, 5.41) is 17.2. The second kappa shape index (κ2) is 9.98. The monoisotopic (exact) mass is 387 g/mol. The van der Waals surface area contributed by atoms with E-state index in [0.29, 0.717) is 12.4 Å². The van der Waals surface area contributed by atoms with Gasteiger partial charge in [-0.3, -0.25) is 10.1 Å². The van der Waals surface area contributed by atoms with E-state index in [4.69, 9.17) is 0 Å². The van der Waals surface area contributed by atoms with E-state index >= 15 is 0 Å². The fraction of sp³-hybridized carbons (Fsp3) is 0.688. The lowest BCUT2D eigenvalue weighted by Crippen LogP contribution is -2.42. The number of hydrogen-bond acceptors (Lipinski definition) is 8. The molecule has 0 atom stereocenters. The molecule has 0 unspecified atom stereocenters. The molecular weight excluding hydrogens is 358 g/mol. The molecule has 1 heterocycles. The van der Waals surface area contributed by atoms with Gasteiger partial charge in [-0.2, -0.15) is 11.8 Å². The Bertz CT molecular complexity index is 581. The number of thioether (sulfide) groups is 1. The molecule has 0 spiro atoms. The lowest BCUT2D eigenvalue weighted by molar-refractivity contribution is -0.404. The quantitative estimate of drug-likeness (QED) is 0.376. The number of rotatable bonds is 10. The molecule has 0 radical (unpaired) electrons. The van der Waals surface area contributed by atoms with Crippen molar-refractivity contribution in [1.29, 1.82) is 0 Å². The highest BCUT2D eigenvalue weighted by atomic mass is 32.2. The SMILES string of the molecule is CN(C)Cc1nc(CSCCN/C(=C/[N+](=O)[O-])N(C)C(C)(C)C)cs1. The van der Waals surface area contributed by atoms with E-state index < -0.39 is 4.92 Å². The topological polar surface area (TPSA) is 74.5 Å². The van der Waals surface area contributed by atoms with E-state index in [1.807, 2.05) is 46.8 Å². The molecule has 0 saturated carbocycles. The fourth-order valence-corrected chi connectivity index (χ4v) is 3.66. The highest BCUT2D eigenvalue weighted by Crippen LogP contribution is 2.17. The van der Waals surface area contributed by atoms with Crippen LogP contribution in [0.2, 0.25) is 0 Å². The average Bonchev–Trinajstić information content (AvgIpc) is 2.90. The molecule has 0 aromatic carbocycles. The van der Waals surface area contributed by atoms with Gasteiger partial charge in [0.2, 0.25) is 0 Å². The largest absolute Gasteiger partial charge is 0.366 e. The first kappa shape index (κ1) is 21.7. The van der Waals surface area contributed by atoms with Gasteiger partial charge in [0, 0.05) is 42.6 Å². The molecule has 0 aliphatic carbocycles. The van der Waals surface area contributed by atoms with Gasteiger partial charge in [0.15, 0.2) is 5.82 Å². The Kier molecular flexibility index (Phi) is 8.67. The van der Waals surface area contributed by atoms with Crippen molar-refractivity contribution in [3.8, 4) is 0 Å². The third-order valence-corrected chi connectivity index (χ3v) is 5.32. The normalized spacial score (nSPS) is 12.5. The summed E-state index contributed by atoms with van der Waals surface area (Å²) in [5.41, 5.74) is 0.908. The van der Waals surface area contributed by atoms with Crippen LogP contribution in [0.25, 0.3) is 0 Å². The molecule has 0 fully saturated rings. The van der Waals surface area contributed by atoms with Gasteiger partial charge in [-0.15, -0.1) is 11.3 Å². The lowest BCUT2D eigenvalue weighted by Gasteiger charge is -2.34. The maximum atomic E-state index is 10.8. The Morgan fingerprint density at radius 2 is 2.12 bits per heavy atom. The second-order valence-electron chi connectivity index (χ2n) is 6.98. The molecule has 0 amide bonds. The Labute approximate surface area is 158 Å². The molecule has 0 saturated heterocycles. The number of nitrogens with one attached hydrogen (secondary N) is 1. The molecule has 142 valence electrons. The fourth-order valence-electron chi connectivity index (χ4n) is 1.90. The van der Waals surface area contributed by atoms with Gasteiger partial charge in [-0.05, 0) is 34.9 Å². The van der Waals surface area contributed by atoms with Crippen molar-refractivity contribution in [1.82, 2.24) is 20.1 Å². The second-order valence-corrected chi connectivity index (χ2v) is 9.03. The van der Waals surface area contributed by atoms with Crippen LogP contribution in [0.1, 0.15) is 31.5 Å². The first-order valence-corrected chi connectivity index (χ1v) is 10.1. The van der Waals surface area contributed by atoms with Gasteiger partial charge in [0.1, 0.15) is 5.01 Å². The first-order chi connectivity index (χ1) is 11.6. The number of nitrogens with zero attached hydrogens (tertiary/aromatic N) is 4. The summed E-state index contributed by atoms with van der Waals surface area (Å²) in [6.45, 7) is 7.59. The van der Waals surface area contributed by atoms with E-state index in [2.05, 4.69) is 20.6 Å². The zero-order valence-corrected chi connectivity index (χ0v) is 17.5. The molecule has 25 heavy (non-hydrogen) atoms. The van der Waals surface area contributed by atoms with Crippen molar-refractivity contribution in [2.24, 2.45) is 0 Å². The van der Waals surface area contributed by atoms with E-state index in [9.17, 15) is 10.1 Å². The van der Waals surface area contributed by atoms with Crippen LogP contribution in [0.15, 0.2) is 17.4 Å². The van der Waals surface area contributed by atoms with E-state index in [0.717, 1.165) is 35.0 Å². The summed E-state index contributed by atoms with van der Waals surface area (Å²) < 4.78 is 0. The standard InChI is InChI=1S/C16H29N5O2S2/c1-16(2,3)20(6)14(9-21(22)23)17-7-8-24-11-13-12-25-15(18-13)10-19(4)5/h9,12,17H,7-8,10-11H2,1-6H3/b14-9-. The molecule has 7 nitrogen and oxygen atoms in total. The maximum absolute atomic E-state index is 10.8. The van der Waals surface area contributed by atoms with Crippen LogP contribution in [-0.4, -0.2) is 58.7 Å². The van der Waals surface area contributed by atoms with Crippen LogP contribution in [0, 0.1) is 10.1 Å². The number of hydrogen-bond donors (Lipinski definition) is 1. The molecule has 0 aliphatic heterocycles. The van der Waals surface area contributed by atoms with Crippen LogP contribution in [0.5, 0.6) is 0 Å². The zero-order valence-electron chi connectivity index (χ0n) is 15.9. The van der Waals surface area contributed by atoms with Crippen LogP contribution in [0.4, 0.5) is 0 Å². The van der Waals surface area contributed by atoms with E-state index in [1.165, 1.54) is 0 Å². The summed E-state index contributed by atoms with van der Waals surface area (Å²) in [6, 6.07) is 0. The molecule has 9 heteroatoms.